The molecule has 2 saturated heterocycles. The molecule has 28 heavy (non-hydrogen) atoms. The maximum absolute atomic E-state index is 12.8. The molecular weight excluding hydrogens is 384 g/mol. The van der Waals surface area contributed by atoms with E-state index >= 15 is 0 Å². The molecule has 2 aliphatic rings. The van der Waals surface area contributed by atoms with Crippen molar-refractivity contribution in [1.29, 1.82) is 0 Å². The summed E-state index contributed by atoms with van der Waals surface area (Å²) < 4.78 is 30.9. The fourth-order valence-corrected chi connectivity index (χ4v) is 4.50. The highest BCUT2D eigenvalue weighted by Crippen LogP contribution is 2.24. The lowest BCUT2D eigenvalue weighted by atomic mass is 10.0. The monoisotopic (exact) mass is 410 g/mol. The summed E-state index contributed by atoms with van der Waals surface area (Å²) in [4.78, 5) is 26.3. The number of aryl methyl sites for hydroxylation is 1. The maximum atomic E-state index is 12.8. The van der Waals surface area contributed by atoms with Crippen LogP contribution in [0, 0.1) is 12.8 Å². The number of benzene rings is 1. The van der Waals surface area contributed by atoms with Crippen molar-refractivity contribution >= 4 is 27.6 Å². The van der Waals surface area contributed by atoms with E-state index < -0.39 is 10.0 Å². The zero-order valence-corrected chi connectivity index (χ0v) is 17.1. The van der Waals surface area contributed by atoms with E-state index in [2.05, 4.69) is 10.6 Å². The van der Waals surface area contributed by atoms with Crippen molar-refractivity contribution in [2.75, 3.05) is 51.1 Å². The third-order valence-electron chi connectivity index (χ3n) is 5.11. The fourth-order valence-electron chi connectivity index (χ4n) is 3.34. The van der Waals surface area contributed by atoms with Gasteiger partial charge < -0.3 is 15.4 Å². The Hall–Kier alpha value is -2.17. The van der Waals surface area contributed by atoms with Crippen molar-refractivity contribution in [2.24, 2.45) is 5.92 Å². The van der Waals surface area contributed by atoms with Crippen molar-refractivity contribution in [2.45, 2.75) is 13.0 Å². The number of sulfonamides is 1. The Kier molecular flexibility index (Phi) is 5.92. The first-order chi connectivity index (χ1) is 13.2. The first-order valence-electron chi connectivity index (χ1n) is 9.14. The third kappa shape index (κ3) is 4.29. The fraction of sp³-hybridized carbons (Fsp3) is 0.556. The number of nitrogens with one attached hydrogen (secondary N) is 2. The molecule has 0 saturated carbocycles. The van der Waals surface area contributed by atoms with Gasteiger partial charge in [-0.2, -0.15) is 0 Å². The summed E-state index contributed by atoms with van der Waals surface area (Å²) in [6, 6.07) is 4.62. The molecular formula is C18H26N4O5S. The molecule has 3 rings (SSSR count). The van der Waals surface area contributed by atoms with Crippen molar-refractivity contribution in [3.63, 3.8) is 0 Å². The minimum atomic E-state index is -3.39. The Labute approximate surface area is 165 Å². The summed E-state index contributed by atoms with van der Waals surface area (Å²) in [5, 5.41) is 5.64. The number of carbonyl (C=O) groups excluding carboxylic acids is 2. The SMILES string of the molecule is Cc1ccc(C(=O)N[C@@H]2COC[C@H]2CS(=O)(=O)N(C)C)cc1N1CCNC1=O. The molecule has 2 atom stereocenters. The van der Waals surface area contributed by atoms with Crippen molar-refractivity contribution < 1.29 is 22.7 Å². The van der Waals surface area contributed by atoms with Gasteiger partial charge in [0.25, 0.3) is 5.91 Å². The molecule has 2 N–H and O–H groups in total. The molecule has 3 amide bonds. The van der Waals surface area contributed by atoms with Crippen LogP contribution in [0.3, 0.4) is 0 Å². The first kappa shape index (κ1) is 20.6. The second kappa shape index (κ2) is 8.06. The summed E-state index contributed by atoms with van der Waals surface area (Å²) in [5.41, 5.74) is 2.01. The molecule has 0 aliphatic carbocycles. The first-order valence-corrected chi connectivity index (χ1v) is 10.7. The van der Waals surface area contributed by atoms with Crippen LogP contribution in [0.5, 0.6) is 0 Å². The van der Waals surface area contributed by atoms with E-state index in [0.717, 1.165) is 5.56 Å². The smallest absolute Gasteiger partial charge is 0.322 e. The summed E-state index contributed by atoms with van der Waals surface area (Å²) in [7, 11) is -0.419. The normalized spacial score (nSPS) is 22.6. The number of nitrogens with zero attached hydrogens (tertiary/aromatic N) is 2. The van der Waals surface area contributed by atoms with Gasteiger partial charge in [-0.05, 0) is 24.6 Å². The molecule has 0 bridgehead atoms. The second-order valence-corrected chi connectivity index (χ2v) is 9.55. The van der Waals surface area contributed by atoms with Crippen LogP contribution in [0.25, 0.3) is 0 Å². The van der Waals surface area contributed by atoms with E-state index in [4.69, 9.17) is 4.74 Å². The average molecular weight is 410 g/mol. The predicted octanol–water partition coefficient (Wildman–Crippen LogP) is 0.161. The molecule has 0 unspecified atom stereocenters. The van der Waals surface area contributed by atoms with E-state index in [0.29, 0.717) is 24.3 Å². The number of amides is 3. The van der Waals surface area contributed by atoms with Crippen LogP contribution in [-0.2, 0) is 14.8 Å². The van der Waals surface area contributed by atoms with Crippen LogP contribution in [0.15, 0.2) is 18.2 Å². The van der Waals surface area contributed by atoms with Crippen molar-refractivity contribution in [1.82, 2.24) is 14.9 Å². The molecule has 2 heterocycles. The van der Waals surface area contributed by atoms with Gasteiger partial charge in [0, 0.05) is 44.4 Å². The number of rotatable bonds is 6. The van der Waals surface area contributed by atoms with E-state index in [1.54, 1.807) is 23.1 Å². The topological polar surface area (TPSA) is 108 Å². The zero-order chi connectivity index (χ0) is 20.5. The Morgan fingerprint density at radius 3 is 2.75 bits per heavy atom. The number of hydrogen-bond acceptors (Lipinski definition) is 5. The highest BCUT2D eigenvalue weighted by atomic mass is 32.2. The number of ether oxygens (including phenoxy) is 1. The van der Waals surface area contributed by atoms with Gasteiger partial charge in [0.15, 0.2) is 0 Å². The largest absolute Gasteiger partial charge is 0.379 e. The van der Waals surface area contributed by atoms with Crippen molar-refractivity contribution in [3.05, 3.63) is 29.3 Å². The summed E-state index contributed by atoms with van der Waals surface area (Å²) >= 11 is 0. The number of hydrogen-bond donors (Lipinski definition) is 2. The van der Waals surface area contributed by atoms with Gasteiger partial charge in [-0.1, -0.05) is 6.07 Å². The van der Waals surface area contributed by atoms with Gasteiger partial charge in [-0.15, -0.1) is 0 Å². The zero-order valence-electron chi connectivity index (χ0n) is 16.3. The minimum absolute atomic E-state index is 0.0853. The number of carbonyl (C=O) groups is 2. The van der Waals surface area contributed by atoms with Gasteiger partial charge >= 0.3 is 6.03 Å². The van der Waals surface area contributed by atoms with Gasteiger partial charge in [-0.25, -0.2) is 17.5 Å². The maximum Gasteiger partial charge on any atom is 0.322 e. The average Bonchev–Trinajstić information content (AvgIpc) is 3.24. The molecule has 0 spiro atoms. The summed E-state index contributed by atoms with van der Waals surface area (Å²) in [5.74, 6) is -0.716. The van der Waals surface area contributed by atoms with Crippen LogP contribution in [-0.4, -0.2) is 76.9 Å². The predicted molar refractivity (Wildman–Crippen MR) is 105 cm³/mol. The molecule has 1 aromatic rings. The lowest BCUT2D eigenvalue weighted by molar-refractivity contribution is 0.0926. The standard InChI is InChI=1S/C18H26N4O5S/c1-12-4-5-13(8-16(12)22-7-6-19-18(22)24)17(23)20-15-10-27-9-14(15)11-28(25,26)21(2)3/h4-5,8,14-15H,6-7,9-11H2,1-3H3,(H,19,24)(H,20,23)/t14-,15+/m0/s1. The van der Waals surface area contributed by atoms with Crippen LogP contribution >= 0.6 is 0 Å². The van der Waals surface area contributed by atoms with Gasteiger partial charge in [0.1, 0.15) is 0 Å². The lowest BCUT2D eigenvalue weighted by Crippen LogP contribution is -2.43. The molecule has 9 nitrogen and oxygen atoms in total. The quantitative estimate of drug-likeness (QED) is 0.695. The summed E-state index contributed by atoms with van der Waals surface area (Å²) in [6.45, 7) is 3.55. The van der Waals surface area contributed by atoms with Crippen LogP contribution < -0.4 is 15.5 Å². The Bertz CT molecular complexity index is 871. The van der Waals surface area contributed by atoms with E-state index in [1.807, 2.05) is 6.92 Å². The molecule has 10 heteroatoms. The second-order valence-electron chi connectivity index (χ2n) is 7.32. The van der Waals surface area contributed by atoms with E-state index in [1.165, 1.54) is 18.4 Å². The van der Waals surface area contributed by atoms with E-state index in [-0.39, 0.29) is 42.9 Å². The summed E-state index contributed by atoms with van der Waals surface area (Å²) in [6.07, 6.45) is 0. The number of anilines is 1. The van der Waals surface area contributed by atoms with Gasteiger partial charge in [0.05, 0.1) is 25.0 Å². The molecule has 1 aromatic carbocycles. The lowest BCUT2D eigenvalue weighted by Gasteiger charge is -2.22. The Morgan fingerprint density at radius 1 is 1.36 bits per heavy atom. The number of urea groups is 1. The molecule has 154 valence electrons. The Balaban J connectivity index is 1.73. The molecule has 0 aromatic heterocycles. The molecule has 0 radical (unpaired) electrons. The minimum Gasteiger partial charge on any atom is -0.379 e. The van der Waals surface area contributed by atoms with Crippen LogP contribution in [0.4, 0.5) is 10.5 Å². The van der Waals surface area contributed by atoms with Crippen LogP contribution in [0.1, 0.15) is 15.9 Å². The van der Waals surface area contributed by atoms with E-state index in [9.17, 15) is 18.0 Å². The van der Waals surface area contributed by atoms with Crippen LogP contribution in [0.2, 0.25) is 0 Å². The molecule has 2 aliphatic heterocycles. The molecule has 2 fully saturated rings. The van der Waals surface area contributed by atoms with Crippen molar-refractivity contribution in [3.8, 4) is 0 Å². The Morgan fingerprint density at radius 2 is 2.11 bits per heavy atom. The van der Waals surface area contributed by atoms with Gasteiger partial charge in [0.2, 0.25) is 10.0 Å². The highest BCUT2D eigenvalue weighted by Gasteiger charge is 2.34. The van der Waals surface area contributed by atoms with Gasteiger partial charge in [-0.3, -0.25) is 9.69 Å². The highest BCUT2D eigenvalue weighted by molar-refractivity contribution is 7.89. The third-order valence-corrected chi connectivity index (χ3v) is 7.08.